The van der Waals surface area contributed by atoms with Crippen molar-refractivity contribution in [1.29, 1.82) is 0 Å². The Labute approximate surface area is 162 Å². The van der Waals surface area contributed by atoms with E-state index >= 15 is 0 Å². The molecule has 3 aromatic rings. The first-order valence-corrected chi connectivity index (χ1v) is 9.53. The fourth-order valence-electron chi connectivity index (χ4n) is 3.51. The molecule has 1 aromatic heterocycles. The van der Waals surface area contributed by atoms with E-state index in [4.69, 9.17) is 0 Å². The Bertz CT molecular complexity index is 1200. The van der Waals surface area contributed by atoms with E-state index in [-0.39, 0.29) is 17.5 Å². The molecule has 4 rings (SSSR count). The molecule has 6 nitrogen and oxygen atoms in total. The van der Waals surface area contributed by atoms with E-state index in [0.717, 1.165) is 24.0 Å². The van der Waals surface area contributed by atoms with E-state index in [1.54, 1.807) is 37.3 Å². The molecule has 1 N–H and O–H groups in total. The summed E-state index contributed by atoms with van der Waals surface area (Å²) in [6.45, 7) is 5.53. The summed E-state index contributed by atoms with van der Waals surface area (Å²) in [7, 11) is 0. The molecule has 28 heavy (non-hydrogen) atoms. The van der Waals surface area contributed by atoms with Gasteiger partial charge in [0.15, 0.2) is 0 Å². The molecular weight excluding hydrogens is 354 g/mol. The molecule has 0 saturated heterocycles. The summed E-state index contributed by atoms with van der Waals surface area (Å²) in [4.78, 5) is 39.3. The number of nitrogens with one attached hydrogen (secondary N) is 1. The number of nitrogens with zero attached hydrogens (tertiary/aromatic N) is 2. The van der Waals surface area contributed by atoms with Gasteiger partial charge in [0.1, 0.15) is 6.04 Å². The molecule has 1 aliphatic rings. The average molecular weight is 377 g/mol. The summed E-state index contributed by atoms with van der Waals surface area (Å²) < 4.78 is 2.61. The highest BCUT2D eigenvalue weighted by atomic mass is 16.2. The molecule has 0 bridgehead atoms. The zero-order valence-corrected chi connectivity index (χ0v) is 16.2. The van der Waals surface area contributed by atoms with Crippen molar-refractivity contribution < 1.29 is 4.79 Å². The summed E-state index contributed by atoms with van der Waals surface area (Å²) in [6.07, 6.45) is 1.94. The molecule has 1 atom stereocenters. The van der Waals surface area contributed by atoms with Crippen molar-refractivity contribution in [1.82, 2.24) is 14.5 Å². The van der Waals surface area contributed by atoms with Gasteiger partial charge in [-0.25, -0.2) is 9.36 Å². The van der Waals surface area contributed by atoms with Gasteiger partial charge in [-0.3, -0.25) is 14.2 Å². The highest BCUT2D eigenvalue weighted by Gasteiger charge is 2.28. The van der Waals surface area contributed by atoms with Crippen molar-refractivity contribution in [3.8, 4) is 5.69 Å². The summed E-state index contributed by atoms with van der Waals surface area (Å²) in [5.41, 5.74) is 1.99. The number of para-hydroxylation sites is 1. The van der Waals surface area contributed by atoms with Crippen LogP contribution in [0.4, 0.5) is 0 Å². The van der Waals surface area contributed by atoms with Gasteiger partial charge in [-0.2, -0.15) is 0 Å². The molecular formula is C22H23N3O3. The molecule has 144 valence electrons. The smallest absolute Gasteiger partial charge is 0.336 e. The molecule has 0 aliphatic heterocycles. The van der Waals surface area contributed by atoms with E-state index in [9.17, 15) is 14.4 Å². The topological polar surface area (TPSA) is 73.1 Å². The minimum Gasteiger partial charge on any atom is -0.352 e. The van der Waals surface area contributed by atoms with Crippen molar-refractivity contribution in [3.63, 3.8) is 0 Å². The van der Waals surface area contributed by atoms with Crippen LogP contribution in [0.1, 0.15) is 36.9 Å². The molecule has 1 saturated carbocycles. The molecule has 1 amide bonds. The average Bonchev–Trinajstić information content (AvgIpc) is 3.49. The van der Waals surface area contributed by atoms with Crippen LogP contribution >= 0.6 is 0 Å². The minimum atomic E-state index is -0.727. The number of aromatic nitrogens is 2. The maximum Gasteiger partial charge on any atom is 0.336 e. The van der Waals surface area contributed by atoms with Crippen LogP contribution in [0.5, 0.6) is 0 Å². The number of carbonyl (C=O) groups excluding carboxylic acids is 1. The number of rotatable bonds is 4. The molecule has 1 unspecified atom stereocenters. The quantitative estimate of drug-likeness (QED) is 0.760. The maximum atomic E-state index is 13.5. The molecule has 6 heteroatoms. The second kappa shape index (κ2) is 6.78. The predicted octanol–water partition coefficient (Wildman–Crippen LogP) is 2.61. The normalized spacial score (nSPS) is 14.8. The highest BCUT2D eigenvalue weighted by molar-refractivity contribution is 5.84. The number of amides is 1. The second-order valence-electron chi connectivity index (χ2n) is 7.49. The number of aryl methyl sites for hydroxylation is 1. The monoisotopic (exact) mass is 377 g/mol. The van der Waals surface area contributed by atoms with Crippen LogP contribution in [0.2, 0.25) is 0 Å². The predicted molar refractivity (Wildman–Crippen MR) is 109 cm³/mol. The standard InChI is InChI=1S/C22H23N3O3/c1-13-7-6-10-18(14(13)2)25-21(27)17-8-4-5-9-19(17)24(22(25)28)15(3)20(26)23-16-11-12-16/h4-10,15-16H,11-12H2,1-3H3,(H,23,26). The SMILES string of the molecule is Cc1cccc(-n2c(=O)c3ccccc3n(C(C)C(=O)NC3CC3)c2=O)c1C. The van der Waals surface area contributed by atoms with Crippen molar-refractivity contribution in [2.24, 2.45) is 0 Å². The van der Waals surface area contributed by atoms with E-state index in [0.29, 0.717) is 16.6 Å². The Balaban J connectivity index is 2.02. The highest BCUT2D eigenvalue weighted by Crippen LogP contribution is 2.21. The van der Waals surface area contributed by atoms with Crippen LogP contribution < -0.4 is 16.6 Å². The lowest BCUT2D eigenvalue weighted by Gasteiger charge is -2.20. The van der Waals surface area contributed by atoms with Gasteiger partial charge in [0.05, 0.1) is 16.6 Å². The van der Waals surface area contributed by atoms with E-state index < -0.39 is 11.7 Å². The Hall–Kier alpha value is -3.15. The fourth-order valence-corrected chi connectivity index (χ4v) is 3.51. The van der Waals surface area contributed by atoms with E-state index in [1.165, 1.54) is 9.13 Å². The van der Waals surface area contributed by atoms with Gasteiger partial charge in [0.25, 0.3) is 5.56 Å². The Kier molecular flexibility index (Phi) is 4.41. The van der Waals surface area contributed by atoms with Gasteiger partial charge in [0.2, 0.25) is 5.91 Å². The van der Waals surface area contributed by atoms with Gasteiger partial charge in [0, 0.05) is 6.04 Å². The number of carbonyl (C=O) groups is 1. The van der Waals surface area contributed by atoms with Gasteiger partial charge in [-0.05, 0) is 62.9 Å². The van der Waals surface area contributed by atoms with Gasteiger partial charge in [-0.15, -0.1) is 0 Å². The van der Waals surface area contributed by atoms with E-state index in [1.807, 2.05) is 26.0 Å². The maximum absolute atomic E-state index is 13.5. The molecule has 0 spiro atoms. The number of hydrogen-bond donors (Lipinski definition) is 1. The van der Waals surface area contributed by atoms with Crippen LogP contribution in [0.3, 0.4) is 0 Å². The minimum absolute atomic E-state index is 0.196. The molecule has 1 heterocycles. The van der Waals surface area contributed by atoms with Gasteiger partial charge >= 0.3 is 5.69 Å². The molecule has 1 aliphatic carbocycles. The van der Waals surface area contributed by atoms with Gasteiger partial charge < -0.3 is 5.32 Å². The molecule has 0 radical (unpaired) electrons. The lowest BCUT2D eigenvalue weighted by molar-refractivity contribution is -0.124. The van der Waals surface area contributed by atoms with Crippen LogP contribution in [-0.2, 0) is 4.79 Å². The number of fused-ring (bicyclic) bond motifs is 1. The summed E-state index contributed by atoms with van der Waals surface area (Å²) >= 11 is 0. The first-order chi connectivity index (χ1) is 13.4. The Morgan fingerprint density at radius 2 is 1.79 bits per heavy atom. The van der Waals surface area contributed by atoms with Crippen LogP contribution in [0, 0.1) is 13.8 Å². The third-order valence-corrected chi connectivity index (χ3v) is 5.50. The molecule has 2 aromatic carbocycles. The second-order valence-corrected chi connectivity index (χ2v) is 7.49. The summed E-state index contributed by atoms with van der Waals surface area (Å²) in [5.74, 6) is -0.207. The number of hydrogen-bond acceptors (Lipinski definition) is 3. The van der Waals surface area contributed by atoms with Crippen molar-refractivity contribution in [2.45, 2.75) is 45.7 Å². The van der Waals surface area contributed by atoms with Crippen molar-refractivity contribution in [3.05, 3.63) is 74.4 Å². The van der Waals surface area contributed by atoms with Crippen LogP contribution in [0.15, 0.2) is 52.1 Å². The molecule has 1 fully saturated rings. The zero-order valence-electron chi connectivity index (χ0n) is 16.2. The van der Waals surface area contributed by atoms with Crippen LogP contribution in [-0.4, -0.2) is 21.1 Å². The van der Waals surface area contributed by atoms with Crippen molar-refractivity contribution in [2.75, 3.05) is 0 Å². The lowest BCUT2D eigenvalue weighted by Crippen LogP contribution is -2.44. The largest absolute Gasteiger partial charge is 0.352 e. The Morgan fingerprint density at radius 1 is 1.07 bits per heavy atom. The van der Waals surface area contributed by atoms with Crippen LogP contribution in [0.25, 0.3) is 16.6 Å². The fraction of sp³-hybridized carbons (Fsp3) is 0.318. The first-order valence-electron chi connectivity index (χ1n) is 9.53. The summed E-state index contributed by atoms with van der Waals surface area (Å²) in [5, 5.41) is 3.36. The summed E-state index contributed by atoms with van der Waals surface area (Å²) in [6, 6.07) is 11.9. The van der Waals surface area contributed by atoms with E-state index in [2.05, 4.69) is 5.32 Å². The lowest BCUT2D eigenvalue weighted by atomic mass is 10.1. The Morgan fingerprint density at radius 3 is 2.50 bits per heavy atom. The third-order valence-electron chi connectivity index (χ3n) is 5.50. The third kappa shape index (κ3) is 2.95. The van der Waals surface area contributed by atoms with Crippen molar-refractivity contribution >= 4 is 16.8 Å². The first kappa shape index (κ1) is 18.2. The van der Waals surface area contributed by atoms with Gasteiger partial charge in [-0.1, -0.05) is 24.3 Å². The zero-order chi connectivity index (χ0) is 20.0. The number of benzene rings is 2.